The van der Waals surface area contributed by atoms with E-state index in [1.54, 1.807) is 6.07 Å². The van der Waals surface area contributed by atoms with E-state index >= 15 is 0 Å². The number of hydrogen-bond donors (Lipinski definition) is 2. The second kappa shape index (κ2) is 7.41. The second-order valence-corrected chi connectivity index (χ2v) is 4.04. The zero-order valence-corrected chi connectivity index (χ0v) is 11.5. The van der Waals surface area contributed by atoms with Crippen LogP contribution in [0.5, 0.6) is 11.5 Å². The highest BCUT2D eigenvalue weighted by Gasteiger charge is 2.18. The Morgan fingerprint density at radius 1 is 1.35 bits per heavy atom. The number of phenols is 1. The van der Waals surface area contributed by atoms with E-state index in [9.17, 15) is 5.11 Å². The van der Waals surface area contributed by atoms with E-state index in [2.05, 4.69) is 13.8 Å². The minimum absolute atomic E-state index is 0. The van der Waals surface area contributed by atoms with Crippen LogP contribution in [-0.2, 0) is 0 Å². The van der Waals surface area contributed by atoms with Crippen molar-refractivity contribution in [3.63, 3.8) is 0 Å². The van der Waals surface area contributed by atoms with Gasteiger partial charge in [-0.2, -0.15) is 0 Å². The van der Waals surface area contributed by atoms with Crippen molar-refractivity contribution in [2.24, 2.45) is 11.7 Å². The van der Waals surface area contributed by atoms with Crippen molar-refractivity contribution in [3.8, 4) is 11.5 Å². The van der Waals surface area contributed by atoms with Crippen molar-refractivity contribution < 1.29 is 9.84 Å². The maximum atomic E-state index is 10.0. The SMILES string of the molecule is CCOc1cccc([C@H](N)C(C)CC)c1O.Cl. The summed E-state index contributed by atoms with van der Waals surface area (Å²) in [6.45, 7) is 6.60. The molecule has 0 spiro atoms. The fourth-order valence-electron chi connectivity index (χ4n) is 1.64. The molecule has 3 nitrogen and oxygen atoms in total. The lowest BCUT2D eigenvalue weighted by Crippen LogP contribution is -2.18. The van der Waals surface area contributed by atoms with Crippen molar-refractivity contribution in [2.45, 2.75) is 33.2 Å². The molecule has 0 saturated carbocycles. The molecule has 98 valence electrons. The summed E-state index contributed by atoms with van der Waals surface area (Å²) >= 11 is 0. The summed E-state index contributed by atoms with van der Waals surface area (Å²) in [6.07, 6.45) is 0.986. The Morgan fingerprint density at radius 2 is 2.00 bits per heavy atom. The largest absolute Gasteiger partial charge is 0.504 e. The van der Waals surface area contributed by atoms with Crippen LogP contribution in [0.3, 0.4) is 0 Å². The van der Waals surface area contributed by atoms with Crippen molar-refractivity contribution in [2.75, 3.05) is 6.61 Å². The van der Waals surface area contributed by atoms with Crippen molar-refractivity contribution >= 4 is 12.4 Å². The molecule has 0 aliphatic heterocycles. The number of ether oxygens (including phenoxy) is 1. The molecule has 1 rings (SSSR count). The van der Waals surface area contributed by atoms with Crippen LogP contribution in [-0.4, -0.2) is 11.7 Å². The van der Waals surface area contributed by atoms with Gasteiger partial charge in [0, 0.05) is 11.6 Å². The summed E-state index contributed by atoms with van der Waals surface area (Å²) in [6, 6.07) is 5.33. The lowest BCUT2D eigenvalue weighted by atomic mass is 9.92. The molecule has 0 radical (unpaired) electrons. The molecule has 0 bridgehead atoms. The summed E-state index contributed by atoms with van der Waals surface area (Å²) in [4.78, 5) is 0. The van der Waals surface area contributed by atoms with Gasteiger partial charge in [-0.1, -0.05) is 32.4 Å². The molecule has 1 aromatic rings. The number of rotatable bonds is 5. The minimum atomic E-state index is -0.148. The molecular weight excluding hydrogens is 238 g/mol. The van der Waals surface area contributed by atoms with Gasteiger partial charge in [-0.25, -0.2) is 0 Å². The number of nitrogens with two attached hydrogens (primary N) is 1. The minimum Gasteiger partial charge on any atom is -0.504 e. The molecule has 3 N–H and O–H groups in total. The molecule has 4 heteroatoms. The first-order chi connectivity index (χ1) is 7.61. The van der Waals surface area contributed by atoms with Gasteiger partial charge in [0.15, 0.2) is 11.5 Å². The molecule has 1 aromatic carbocycles. The van der Waals surface area contributed by atoms with Crippen molar-refractivity contribution in [1.29, 1.82) is 0 Å². The van der Waals surface area contributed by atoms with E-state index in [4.69, 9.17) is 10.5 Å². The Labute approximate surface area is 109 Å². The van der Waals surface area contributed by atoms with Crippen LogP contribution in [0.2, 0.25) is 0 Å². The van der Waals surface area contributed by atoms with E-state index in [1.165, 1.54) is 0 Å². The van der Waals surface area contributed by atoms with Gasteiger partial charge in [-0.3, -0.25) is 0 Å². The monoisotopic (exact) mass is 259 g/mol. The van der Waals surface area contributed by atoms with Crippen LogP contribution in [0, 0.1) is 5.92 Å². The molecule has 0 amide bonds. The molecular formula is C13H22ClNO2. The van der Waals surface area contributed by atoms with Gasteiger partial charge in [-0.15, -0.1) is 12.4 Å². The number of para-hydroxylation sites is 1. The molecule has 17 heavy (non-hydrogen) atoms. The predicted octanol–water partition coefficient (Wildman–Crippen LogP) is 3.26. The molecule has 0 aliphatic rings. The van der Waals surface area contributed by atoms with Gasteiger partial charge >= 0.3 is 0 Å². The van der Waals surface area contributed by atoms with Gasteiger partial charge in [0.2, 0.25) is 0 Å². The van der Waals surface area contributed by atoms with Crippen LogP contribution in [0.15, 0.2) is 18.2 Å². The van der Waals surface area contributed by atoms with Crippen LogP contribution < -0.4 is 10.5 Å². The Hall–Kier alpha value is -0.930. The van der Waals surface area contributed by atoms with Crippen LogP contribution >= 0.6 is 12.4 Å². The van der Waals surface area contributed by atoms with E-state index in [1.807, 2.05) is 19.1 Å². The van der Waals surface area contributed by atoms with Gasteiger partial charge in [-0.05, 0) is 18.9 Å². The third-order valence-electron chi connectivity index (χ3n) is 2.95. The lowest BCUT2D eigenvalue weighted by molar-refractivity contribution is 0.313. The first-order valence-corrected chi connectivity index (χ1v) is 5.82. The number of benzene rings is 1. The Bertz CT molecular complexity index is 344. The third-order valence-corrected chi connectivity index (χ3v) is 2.95. The topological polar surface area (TPSA) is 55.5 Å². The smallest absolute Gasteiger partial charge is 0.162 e. The van der Waals surface area contributed by atoms with Gasteiger partial charge in [0.25, 0.3) is 0 Å². The molecule has 1 unspecified atom stereocenters. The lowest BCUT2D eigenvalue weighted by Gasteiger charge is -2.20. The molecule has 0 saturated heterocycles. The highest BCUT2D eigenvalue weighted by molar-refractivity contribution is 5.85. The maximum absolute atomic E-state index is 10.0. The summed E-state index contributed by atoms with van der Waals surface area (Å²) < 4.78 is 5.34. The first-order valence-electron chi connectivity index (χ1n) is 5.82. The standard InChI is InChI=1S/C13H21NO2.ClH/c1-4-9(3)12(14)10-7-6-8-11(13(10)15)16-5-2;/h6-9,12,15H,4-5,14H2,1-3H3;1H/t9?,12-;/m1./s1. The van der Waals surface area contributed by atoms with E-state index < -0.39 is 0 Å². The van der Waals surface area contributed by atoms with Gasteiger partial charge < -0.3 is 15.6 Å². The Balaban J connectivity index is 0.00000256. The average Bonchev–Trinajstić information content (AvgIpc) is 2.30. The molecule has 2 atom stereocenters. The van der Waals surface area contributed by atoms with Crippen molar-refractivity contribution in [1.82, 2.24) is 0 Å². The number of halogens is 1. The third kappa shape index (κ3) is 3.79. The predicted molar refractivity (Wildman–Crippen MR) is 72.9 cm³/mol. The highest BCUT2D eigenvalue weighted by atomic mass is 35.5. The molecule has 0 aliphatic carbocycles. The summed E-state index contributed by atoms with van der Waals surface area (Å²) in [5.41, 5.74) is 6.86. The number of phenolic OH excluding ortho intramolecular Hbond substituents is 1. The van der Waals surface area contributed by atoms with Crippen LogP contribution in [0.4, 0.5) is 0 Å². The molecule has 0 fully saturated rings. The summed E-state index contributed by atoms with van der Waals surface area (Å²) in [7, 11) is 0. The highest BCUT2D eigenvalue weighted by Crippen LogP contribution is 2.35. The second-order valence-electron chi connectivity index (χ2n) is 4.04. The van der Waals surface area contributed by atoms with E-state index in [0.717, 1.165) is 12.0 Å². The quantitative estimate of drug-likeness (QED) is 0.853. The zero-order valence-electron chi connectivity index (χ0n) is 10.6. The van der Waals surface area contributed by atoms with E-state index in [0.29, 0.717) is 18.3 Å². The van der Waals surface area contributed by atoms with E-state index in [-0.39, 0.29) is 24.2 Å². The maximum Gasteiger partial charge on any atom is 0.162 e. The zero-order chi connectivity index (χ0) is 12.1. The van der Waals surface area contributed by atoms with Crippen molar-refractivity contribution in [3.05, 3.63) is 23.8 Å². The molecule has 0 heterocycles. The Morgan fingerprint density at radius 3 is 2.53 bits per heavy atom. The van der Waals surface area contributed by atoms with Crippen LogP contribution in [0.1, 0.15) is 38.8 Å². The summed E-state index contributed by atoms with van der Waals surface area (Å²) in [5.74, 6) is 1.03. The molecule has 0 aromatic heterocycles. The van der Waals surface area contributed by atoms with Gasteiger partial charge in [0.05, 0.1) is 6.61 Å². The fraction of sp³-hybridized carbons (Fsp3) is 0.538. The average molecular weight is 260 g/mol. The summed E-state index contributed by atoms with van der Waals surface area (Å²) in [5, 5.41) is 10.0. The normalized spacial score (nSPS) is 13.6. The first kappa shape index (κ1) is 16.1. The number of hydrogen-bond acceptors (Lipinski definition) is 3. The van der Waals surface area contributed by atoms with Crippen LogP contribution in [0.25, 0.3) is 0 Å². The number of aromatic hydroxyl groups is 1. The Kier molecular flexibility index (Phi) is 7.00. The fourth-order valence-corrected chi connectivity index (χ4v) is 1.64. The van der Waals surface area contributed by atoms with Gasteiger partial charge in [0.1, 0.15) is 0 Å².